The van der Waals surface area contributed by atoms with E-state index in [9.17, 15) is 4.79 Å². The van der Waals surface area contributed by atoms with Gasteiger partial charge in [0.25, 0.3) is 0 Å². The lowest BCUT2D eigenvalue weighted by Gasteiger charge is -2.43. The normalized spacial score (nSPS) is 21.9. The number of nitrogens with two attached hydrogens (primary N) is 1. The highest BCUT2D eigenvalue weighted by atomic mass is 16.2. The van der Waals surface area contributed by atoms with E-state index in [1.165, 1.54) is 30.4 Å². The molecule has 9 nitrogen and oxygen atoms in total. The molecule has 3 aliphatic rings. The number of benzene rings is 1. The van der Waals surface area contributed by atoms with Crippen LogP contribution in [0.2, 0.25) is 0 Å². The third-order valence-corrected chi connectivity index (χ3v) is 10.0. The number of amides is 1. The third-order valence-electron chi connectivity index (χ3n) is 10.0. The fourth-order valence-electron chi connectivity index (χ4n) is 7.32. The highest BCUT2D eigenvalue weighted by molar-refractivity contribution is 6.10. The zero-order valence-electron chi connectivity index (χ0n) is 26.1. The van der Waals surface area contributed by atoms with Crippen molar-refractivity contribution in [1.29, 1.82) is 0 Å². The molecule has 228 valence electrons. The second-order valence-corrected chi connectivity index (χ2v) is 13.2. The van der Waals surface area contributed by atoms with Crippen LogP contribution in [-0.2, 0) is 17.8 Å². The van der Waals surface area contributed by atoms with Crippen molar-refractivity contribution in [2.24, 2.45) is 22.1 Å². The molecule has 1 amide bonds. The van der Waals surface area contributed by atoms with E-state index in [0.29, 0.717) is 18.0 Å². The lowest BCUT2D eigenvalue weighted by molar-refractivity contribution is -0.129. The maximum absolute atomic E-state index is 12.5. The number of nitrogens with zero attached hydrogens (tertiary/aromatic N) is 6. The average molecular weight is 583 g/mol. The second-order valence-electron chi connectivity index (χ2n) is 13.2. The largest absolute Gasteiger partial charge is 0.404 e. The average Bonchev–Trinajstić information content (AvgIpc) is 3.39. The van der Waals surface area contributed by atoms with Crippen LogP contribution in [-0.4, -0.2) is 83.0 Å². The first kappa shape index (κ1) is 29.5. The number of rotatable bonds is 6. The van der Waals surface area contributed by atoms with E-state index in [-0.39, 0.29) is 5.91 Å². The van der Waals surface area contributed by atoms with Crippen molar-refractivity contribution in [3.63, 3.8) is 0 Å². The standard InChI is InChI=1S/C34H46N8O/c1-23(43)41-15-11-32-30(21-41)33(28-7-5-6-24-16-31(38-19-29(24)28)25(17-35)18-36-4)39-42(32)27-9-13-40(14-10-27)20-26-8-12-37-22-34(26,2)3/h5-7,16-19,26-27,37H,8-15,20-22,35H2,1-4H3/b25-17+,36-18?. The van der Waals surface area contributed by atoms with Gasteiger partial charge >= 0.3 is 0 Å². The number of aromatic nitrogens is 3. The number of carbonyl (C=O) groups excluding carboxylic acids is 1. The molecule has 1 atom stereocenters. The molecule has 3 aromatic rings. The van der Waals surface area contributed by atoms with E-state index in [1.54, 1.807) is 20.2 Å². The first-order chi connectivity index (χ1) is 20.8. The van der Waals surface area contributed by atoms with Gasteiger partial charge in [-0.3, -0.25) is 19.5 Å². The Balaban J connectivity index is 1.31. The minimum Gasteiger partial charge on any atom is -0.404 e. The number of pyridine rings is 1. The topological polar surface area (TPSA) is 105 Å². The SMILES string of the molecule is CN=C/C(=C\N)c1cc2cccc(-c3nn(C4CCN(CC5CCNCC5(C)C)CC4)c4c3CN(C(C)=O)CC4)c2cn1. The zero-order chi connectivity index (χ0) is 30.1. The maximum Gasteiger partial charge on any atom is 0.219 e. The molecule has 2 fully saturated rings. The van der Waals surface area contributed by atoms with Crippen LogP contribution in [0.5, 0.6) is 0 Å². The minimum atomic E-state index is 0.112. The summed E-state index contributed by atoms with van der Waals surface area (Å²) in [6.45, 7) is 13.5. The van der Waals surface area contributed by atoms with E-state index >= 15 is 0 Å². The number of fused-ring (bicyclic) bond motifs is 2. The summed E-state index contributed by atoms with van der Waals surface area (Å²) in [5.74, 6) is 0.847. The van der Waals surface area contributed by atoms with Gasteiger partial charge < -0.3 is 20.9 Å². The van der Waals surface area contributed by atoms with Crippen LogP contribution in [0.1, 0.15) is 63.0 Å². The fourth-order valence-corrected chi connectivity index (χ4v) is 7.32. The van der Waals surface area contributed by atoms with Gasteiger partial charge in [0.15, 0.2) is 0 Å². The predicted octanol–water partition coefficient (Wildman–Crippen LogP) is 4.28. The van der Waals surface area contributed by atoms with Crippen LogP contribution in [0.4, 0.5) is 0 Å². The minimum absolute atomic E-state index is 0.112. The van der Waals surface area contributed by atoms with Crippen molar-refractivity contribution in [1.82, 2.24) is 29.9 Å². The van der Waals surface area contributed by atoms with Gasteiger partial charge in [0.05, 0.1) is 17.4 Å². The predicted molar refractivity (Wildman–Crippen MR) is 174 cm³/mol. The van der Waals surface area contributed by atoms with Gasteiger partial charge in [0, 0.05) is 106 Å². The van der Waals surface area contributed by atoms with Crippen LogP contribution < -0.4 is 11.1 Å². The van der Waals surface area contributed by atoms with E-state index in [0.717, 1.165) is 91.2 Å². The monoisotopic (exact) mass is 582 g/mol. The molecule has 2 saturated heterocycles. The molecule has 0 saturated carbocycles. The summed E-state index contributed by atoms with van der Waals surface area (Å²) in [6.07, 6.45) is 9.48. The van der Waals surface area contributed by atoms with Crippen LogP contribution in [0.25, 0.3) is 27.6 Å². The summed E-state index contributed by atoms with van der Waals surface area (Å²) in [4.78, 5) is 26.0. The molecular weight excluding hydrogens is 536 g/mol. The van der Waals surface area contributed by atoms with Gasteiger partial charge in [0.2, 0.25) is 5.91 Å². The molecule has 3 N–H and O–H groups in total. The Kier molecular flexibility index (Phi) is 8.38. The van der Waals surface area contributed by atoms with Crippen molar-refractivity contribution in [3.05, 3.63) is 53.6 Å². The van der Waals surface area contributed by atoms with Crippen molar-refractivity contribution in [2.45, 2.75) is 59.0 Å². The van der Waals surface area contributed by atoms with Gasteiger partial charge in [-0.05, 0) is 48.6 Å². The van der Waals surface area contributed by atoms with E-state index in [4.69, 9.17) is 15.8 Å². The third kappa shape index (κ3) is 5.85. The van der Waals surface area contributed by atoms with E-state index in [2.05, 4.69) is 58.0 Å². The fraction of sp³-hybridized carbons (Fsp3) is 0.529. The molecule has 0 radical (unpaired) electrons. The van der Waals surface area contributed by atoms with Crippen molar-refractivity contribution in [2.75, 3.05) is 46.3 Å². The van der Waals surface area contributed by atoms with E-state index in [1.807, 2.05) is 11.1 Å². The molecule has 9 heteroatoms. The molecule has 3 aliphatic heterocycles. The number of hydrogen-bond acceptors (Lipinski definition) is 7. The molecule has 6 rings (SSSR count). The Bertz CT molecular complexity index is 1550. The van der Waals surface area contributed by atoms with Crippen LogP contribution in [0.3, 0.4) is 0 Å². The van der Waals surface area contributed by atoms with Gasteiger partial charge in [-0.25, -0.2) is 0 Å². The molecular formula is C34H46N8O. The van der Waals surface area contributed by atoms with Gasteiger partial charge in [0.1, 0.15) is 0 Å². The Morgan fingerprint density at radius 1 is 1.21 bits per heavy atom. The Hall–Kier alpha value is -3.56. The summed E-state index contributed by atoms with van der Waals surface area (Å²) in [7, 11) is 1.73. The highest BCUT2D eigenvalue weighted by Crippen LogP contribution is 2.38. The second kappa shape index (κ2) is 12.2. The van der Waals surface area contributed by atoms with Gasteiger partial charge in [-0.15, -0.1) is 0 Å². The van der Waals surface area contributed by atoms with Gasteiger partial charge in [-0.1, -0.05) is 32.0 Å². The number of carbonyl (C=O) groups is 1. The lowest BCUT2D eigenvalue weighted by atomic mass is 9.74. The van der Waals surface area contributed by atoms with Crippen LogP contribution >= 0.6 is 0 Å². The quantitative estimate of drug-likeness (QED) is 0.421. The smallest absolute Gasteiger partial charge is 0.219 e. The molecule has 5 heterocycles. The van der Waals surface area contributed by atoms with Crippen molar-refractivity contribution >= 4 is 28.5 Å². The zero-order valence-corrected chi connectivity index (χ0v) is 26.1. The first-order valence-electron chi connectivity index (χ1n) is 15.8. The summed E-state index contributed by atoms with van der Waals surface area (Å²) >= 11 is 0. The number of piperidine rings is 2. The number of hydrogen-bond donors (Lipinski definition) is 2. The first-order valence-corrected chi connectivity index (χ1v) is 15.8. The summed E-state index contributed by atoms with van der Waals surface area (Å²) in [5.41, 5.74) is 12.3. The number of likely N-dealkylation sites (tertiary alicyclic amines) is 1. The number of nitrogens with one attached hydrogen (secondary N) is 1. The highest BCUT2D eigenvalue weighted by Gasteiger charge is 2.35. The van der Waals surface area contributed by atoms with Crippen LogP contribution in [0, 0.1) is 11.3 Å². The molecule has 2 aromatic heterocycles. The van der Waals surface area contributed by atoms with E-state index < -0.39 is 0 Å². The number of aliphatic imine (C=N–C) groups is 1. The molecule has 1 unspecified atom stereocenters. The van der Waals surface area contributed by atoms with Crippen molar-refractivity contribution < 1.29 is 4.79 Å². The molecule has 43 heavy (non-hydrogen) atoms. The summed E-state index contributed by atoms with van der Waals surface area (Å²) in [5, 5.41) is 11.1. The Morgan fingerprint density at radius 3 is 2.74 bits per heavy atom. The molecule has 0 aliphatic carbocycles. The lowest BCUT2D eigenvalue weighted by Crippen LogP contribution is -2.48. The number of allylic oxidation sites excluding steroid dienone is 1. The molecule has 0 spiro atoms. The van der Waals surface area contributed by atoms with Gasteiger partial charge in [-0.2, -0.15) is 5.10 Å². The van der Waals surface area contributed by atoms with Crippen molar-refractivity contribution in [3.8, 4) is 11.3 Å². The van der Waals surface area contributed by atoms with Crippen LogP contribution in [0.15, 0.2) is 41.7 Å². The Morgan fingerprint density at radius 2 is 2.02 bits per heavy atom. The molecule has 1 aromatic carbocycles. The summed E-state index contributed by atoms with van der Waals surface area (Å²) in [6, 6.07) is 8.75. The molecule has 0 bridgehead atoms. The Labute approximate surface area is 255 Å². The summed E-state index contributed by atoms with van der Waals surface area (Å²) < 4.78 is 2.33. The maximum atomic E-state index is 12.5.